The first-order valence-electron chi connectivity index (χ1n) is 5.17. The van der Waals surface area contributed by atoms with Gasteiger partial charge in [0.15, 0.2) is 0 Å². The highest BCUT2D eigenvalue weighted by molar-refractivity contribution is 5.78. The topological polar surface area (TPSA) is 55.5 Å². The van der Waals surface area contributed by atoms with Crippen molar-refractivity contribution >= 4 is 11.3 Å². The van der Waals surface area contributed by atoms with Gasteiger partial charge in [-0.1, -0.05) is 13.3 Å². The molecule has 0 aromatic heterocycles. The van der Waals surface area contributed by atoms with Crippen LogP contribution in [0.2, 0.25) is 0 Å². The molecule has 1 aromatic carbocycles. The average molecular weight is 205 g/mol. The van der Waals surface area contributed by atoms with Crippen LogP contribution < -0.4 is 10.5 Å². The molecule has 2 rings (SSSR count). The van der Waals surface area contributed by atoms with Gasteiger partial charge < -0.3 is 15.6 Å². The molecule has 1 heterocycles. The fourth-order valence-corrected chi connectivity index (χ4v) is 1.89. The molecule has 0 fully saturated rings. The highest BCUT2D eigenvalue weighted by atomic mass is 16.5. The molecular formula is C12H15NO2. The van der Waals surface area contributed by atoms with Crippen molar-refractivity contribution in [3.63, 3.8) is 0 Å². The zero-order valence-corrected chi connectivity index (χ0v) is 8.79. The fraction of sp³-hybridized carbons (Fsp3) is 0.333. The van der Waals surface area contributed by atoms with Gasteiger partial charge in [0.25, 0.3) is 0 Å². The molecule has 1 aliphatic heterocycles. The normalized spacial score (nSPS) is 14.1. The molecule has 15 heavy (non-hydrogen) atoms. The van der Waals surface area contributed by atoms with Crippen LogP contribution in [0.15, 0.2) is 18.2 Å². The summed E-state index contributed by atoms with van der Waals surface area (Å²) in [7, 11) is 0. The molecule has 3 heteroatoms. The standard InChI is InChI=1S/C12H15NO2/c1-2-3-8-4-5-15-11-7-9(13)6-10(14)12(8)11/h4,6-7,14H,2-3,5,13H2,1H3. The van der Waals surface area contributed by atoms with Gasteiger partial charge in [-0.15, -0.1) is 0 Å². The van der Waals surface area contributed by atoms with E-state index in [4.69, 9.17) is 10.5 Å². The molecule has 0 saturated carbocycles. The lowest BCUT2D eigenvalue weighted by Gasteiger charge is -2.20. The van der Waals surface area contributed by atoms with Crippen molar-refractivity contribution < 1.29 is 9.84 Å². The van der Waals surface area contributed by atoms with Crippen molar-refractivity contribution in [2.75, 3.05) is 12.3 Å². The predicted molar refractivity (Wildman–Crippen MR) is 60.9 cm³/mol. The molecule has 1 aromatic rings. The highest BCUT2D eigenvalue weighted by Crippen LogP contribution is 2.40. The van der Waals surface area contributed by atoms with Crippen LogP contribution >= 0.6 is 0 Å². The molecule has 1 aliphatic rings. The molecule has 0 unspecified atom stereocenters. The zero-order valence-electron chi connectivity index (χ0n) is 8.79. The SMILES string of the molecule is CCCC1=CCOc2cc(N)cc(O)c21. The van der Waals surface area contributed by atoms with Gasteiger partial charge in [-0.2, -0.15) is 0 Å². The van der Waals surface area contributed by atoms with Gasteiger partial charge in [-0.3, -0.25) is 0 Å². The lowest BCUT2D eigenvalue weighted by atomic mass is 9.97. The summed E-state index contributed by atoms with van der Waals surface area (Å²) < 4.78 is 5.45. The minimum absolute atomic E-state index is 0.212. The van der Waals surface area contributed by atoms with Gasteiger partial charge in [0.2, 0.25) is 0 Å². The van der Waals surface area contributed by atoms with Crippen molar-refractivity contribution in [1.82, 2.24) is 0 Å². The number of allylic oxidation sites excluding steroid dienone is 1. The first-order valence-corrected chi connectivity index (χ1v) is 5.17. The molecule has 3 nitrogen and oxygen atoms in total. The number of nitrogens with two attached hydrogens (primary N) is 1. The zero-order chi connectivity index (χ0) is 10.8. The number of fused-ring (bicyclic) bond motifs is 1. The Morgan fingerprint density at radius 2 is 2.27 bits per heavy atom. The smallest absolute Gasteiger partial charge is 0.133 e. The van der Waals surface area contributed by atoms with Crippen molar-refractivity contribution in [1.29, 1.82) is 0 Å². The average Bonchev–Trinajstić information content (AvgIpc) is 2.17. The Morgan fingerprint density at radius 1 is 1.47 bits per heavy atom. The van der Waals surface area contributed by atoms with Crippen LogP contribution in [0.3, 0.4) is 0 Å². The summed E-state index contributed by atoms with van der Waals surface area (Å²) in [5.74, 6) is 0.905. The van der Waals surface area contributed by atoms with E-state index in [9.17, 15) is 5.11 Å². The second kappa shape index (κ2) is 3.85. The second-order valence-electron chi connectivity index (χ2n) is 3.70. The highest BCUT2D eigenvalue weighted by Gasteiger charge is 2.17. The maximum Gasteiger partial charge on any atom is 0.133 e. The van der Waals surface area contributed by atoms with E-state index in [1.807, 2.05) is 6.08 Å². The third kappa shape index (κ3) is 1.77. The van der Waals surface area contributed by atoms with Gasteiger partial charge in [-0.25, -0.2) is 0 Å². The molecule has 0 saturated heterocycles. The van der Waals surface area contributed by atoms with Crippen LogP contribution in [0.4, 0.5) is 5.69 Å². The predicted octanol–water partition coefficient (Wildman–Crippen LogP) is 2.55. The van der Waals surface area contributed by atoms with Gasteiger partial charge in [0.05, 0.1) is 5.56 Å². The molecule has 0 amide bonds. The van der Waals surface area contributed by atoms with Gasteiger partial charge in [0, 0.05) is 17.8 Å². The number of ether oxygens (including phenoxy) is 1. The number of phenols is 1. The number of anilines is 1. The maximum absolute atomic E-state index is 9.83. The van der Waals surface area contributed by atoms with Crippen LogP contribution in [-0.4, -0.2) is 11.7 Å². The molecule has 0 bridgehead atoms. The van der Waals surface area contributed by atoms with E-state index in [2.05, 4.69) is 6.92 Å². The number of hydrogen-bond acceptors (Lipinski definition) is 3. The Labute approximate surface area is 89.2 Å². The number of rotatable bonds is 2. The van der Waals surface area contributed by atoms with E-state index in [0.717, 1.165) is 24.0 Å². The van der Waals surface area contributed by atoms with Crippen molar-refractivity contribution in [3.05, 3.63) is 23.8 Å². The minimum Gasteiger partial charge on any atom is -0.507 e. The summed E-state index contributed by atoms with van der Waals surface area (Å²) >= 11 is 0. The summed E-state index contributed by atoms with van der Waals surface area (Å²) in [6.07, 6.45) is 4.02. The Balaban J connectivity index is 2.49. The summed E-state index contributed by atoms with van der Waals surface area (Å²) in [5.41, 5.74) is 8.13. The van der Waals surface area contributed by atoms with Crippen LogP contribution in [0.5, 0.6) is 11.5 Å². The summed E-state index contributed by atoms with van der Waals surface area (Å²) in [6, 6.07) is 3.33. The number of nitrogen functional groups attached to an aromatic ring is 1. The van der Waals surface area contributed by atoms with Crippen LogP contribution in [0.25, 0.3) is 5.57 Å². The summed E-state index contributed by atoms with van der Waals surface area (Å²) in [4.78, 5) is 0. The van der Waals surface area contributed by atoms with E-state index in [-0.39, 0.29) is 5.75 Å². The molecule has 0 radical (unpaired) electrons. The quantitative estimate of drug-likeness (QED) is 0.729. The van der Waals surface area contributed by atoms with E-state index in [1.165, 1.54) is 0 Å². The van der Waals surface area contributed by atoms with E-state index < -0.39 is 0 Å². The lowest BCUT2D eigenvalue weighted by molar-refractivity contribution is 0.352. The molecular weight excluding hydrogens is 190 g/mol. The lowest BCUT2D eigenvalue weighted by Crippen LogP contribution is -2.05. The number of phenolic OH excluding ortho intramolecular Hbond substituents is 1. The largest absolute Gasteiger partial charge is 0.507 e. The molecule has 3 N–H and O–H groups in total. The molecule has 0 spiro atoms. The molecule has 80 valence electrons. The first kappa shape index (κ1) is 9.90. The van der Waals surface area contributed by atoms with Gasteiger partial charge in [0.1, 0.15) is 18.1 Å². The Bertz CT molecular complexity index is 410. The van der Waals surface area contributed by atoms with E-state index in [1.54, 1.807) is 12.1 Å². The van der Waals surface area contributed by atoms with Crippen molar-refractivity contribution in [2.45, 2.75) is 19.8 Å². The monoisotopic (exact) mass is 205 g/mol. The molecule has 0 aliphatic carbocycles. The van der Waals surface area contributed by atoms with Crippen LogP contribution in [0.1, 0.15) is 25.3 Å². The van der Waals surface area contributed by atoms with Crippen molar-refractivity contribution in [3.8, 4) is 11.5 Å². The minimum atomic E-state index is 0.212. The number of aromatic hydroxyl groups is 1. The third-order valence-corrected chi connectivity index (χ3v) is 2.51. The maximum atomic E-state index is 9.83. The molecule has 0 atom stereocenters. The van der Waals surface area contributed by atoms with Gasteiger partial charge >= 0.3 is 0 Å². The Hall–Kier alpha value is -1.64. The summed E-state index contributed by atoms with van der Waals surface area (Å²) in [5, 5.41) is 9.83. The third-order valence-electron chi connectivity index (χ3n) is 2.51. The Kier molecular flexibility index (Phi) is 2.54. The van der Waals surface area contributed by atoms with Gasteiger partial charge in [-0.05, 0) is 18.1 Å². The number of benzene rings is 1. The second-order valence-corrected chi connectivity index (χ2v) is 3.70. The van der Waals surface area contributed by atoms with Crippen LogP contribution in [0, 0.1) is 0 Å². The first-order chi connectivity index (χ1) is 7.22. The fourth-order valence-electron chi connectivity index (χ4n) is 1.89. The summed E-state index contributed by atoms with van der Waals surface area (Å²) in [6.45, 7) is 2.68. The Morgan fingerprint density at radius 3 is 3.00 bits per heavy atom. The van der Waals surface area contributed by atoms with Crippen LogP contribution in [-0.2, 0) is 0 Å². The number of hydrogen-bond donors (Lipinski definition) is 2. The van der Waals surface area contributed by atoms with Crippen molar-refractivity contribution in [2.24, 2.45) is 0 Å². The van der Waals surface area contributed by atoms with E-state index >= 15 is 0 Å². The van der Waals surface area contributed by atoms with E-state index in [0.29, 0.717) is 18.0 Å².